The molecule has 0 spiro atoms. The van der Waals surface area contributed by atoms with Gasteiger partial charge in [-0.15, -0.1) is 0 Å². The number of aliphatic hydroxyl groups excluding tert-OH is 1. The van der Waals surface area contributed by atoms with Crippen LogP contribution in [0.5, 0.6) is 0 Å². The zero-order chi connectivity index (χ0) is 9.90. The van der Waals surface area contributed by atoms with Crippen molar-refractivity contribution in [2.75, 3.05) is 0 Å². The van der Waals surface area contributed by atoms with Crippen molar-refractivity contribution in [1.29, 1.82) is 0 Å². The molecule has 1 rings (SSSR count). The van der Waals surface area contributed by atoms with Gasteiger partial charge in [0.05, 0.1) is 6.10 Å². The van der Waals surface area contributed by atoms with Gasteiger partial charge >= 0.3 is 0 Å². The largest absolute Gasteiger partial charge is 0.393 e. The number of rotatable bonds is 6. The Morgan fingerprint density at radius 3 is 2.46 bits per heavy atom. The molecule has 0 radical (unpaired) electrons. The number of aliphatic hydroxyl groups is 1. The summed E-state index contributed by atoms with van der Waals surface area (Å²) >= 11 is 0. The molecule has 1 aliphatic rings. The molecule has 1 aliphatic carbocycles. The average Bonchev–Trinajstić information content (AvgIpc) is 2.83. The van der Waals surface area contributed by atoms with Crippen molar-refractivity contribution in [3.63, 3.8) is 0 Å². The Hall–Kier alpha value is -0.0400. The number of unbranched alkanes of at least 4 members (excludes halogenated alkanes) is 1. The molecule has 78 valence electrons. The van der Waals surface area contributed by atoms with E-state index in [0.717, 1.165) is 18.8 Å². The van der Waals surface area contributed by atoms with Gasteiger partial charge in [0.25, 0.3) is 0 Å². The van der Waals surface area contributed by atoms with Crippen LogP contribution in [0.25, 0.3) is 0 Å². The quantitative estimate of drug-likeness (QED) is 0.671. The van der Waals surface area contributed by atoms with Crippen LogP contribution in [-0.2, 0) is 0 Å². The van der Waals surface area contributed by atoms with E-state index in [9.17, 15) is 5.11 Å². The second-order valence-electron chi connectivity index (χ2n) is 5.29. The van der Waals surface area contributed by atoms with Crippen molar-refractivity contribution in [2.45, 2.75) is 65.4 Å². The van der Waals surface area contributed by atoms with Gasteiger partial charge in [-0.2, -0.15) is 0 Å². The summed E-state index contributed by atoms with van der Waals surface area (Å²) in [5, 5.41) is 9.98. The molecule has 1 nitrogen and oxygen atoms in total. The van der Waals surface area contributed by atoms with Gasteiger partial charge in [-0.3, -0.25) is 0 Å². The summed E-state index contributed by atoms with van der Waals surface area (Å²) in [4.78, 5) is 0. The number of hydrogen-bond donors (Lipinski definition) is 1. The lowest BCUT2D eigenvalue weighted by Gasteiger charge is -2.30. The van der Waals surface area contributed by atoms with Crippen LogP contribution >= 0.6 is 0 Å². The summed E-state index contributed by atoms with van der Waals surface area (Å²) in [5.41, 5.74) is 0.149. The van der Waals surface area contributed by atoms with Crippen LogP contribution in [0.3, 0.4) is 0 Å². The van der Waals surface area contributed by atoms with E-state index in [1.165, 1.54) is 25.7 Å². The summed E-state index contributed by atoms with van der Waals surface area (Å²) in [6.45, 7) is 6.61. The molecule has 0 amide bonds. The van der Waals surface area contributed by atoms with E-state index in [2.05, 4.69) is 20.8 Å². The van der Waals surface area contributed by atoms with Crippen molar-refractivity contribution < 1.29 is 5.11 Å². The fourth-order valence-corrected chi connectivity index (χ4v) is 1.99. The molecule has 1 N–H and O–H groups in total. The highest BCUT2D eigenvalue weighted by Gasteiger charge is 2.34. The third-order valence-corrected chi connectivity index (χ3v) is 3.24. The average molecular weight is 184 g/mol. The predicted molar refractivity (Wildman–Crippen MR) is 56.7 cm³/mol. The molecule has 0 bridgehead atoms. The maximum atomic E-state index is 9.98. The maximum absolute atomic E-state index is 9.98. The molecule has 0 unspecified atom stereocenters. The van der Waals surface area contributed by atoms with Crippen molar-refractivity contribution >= 4 is 0 Å². The molecule has 13 heavy (non-hydrogen) atoms. The van der Waals surface area contributed by atoms with Crippen molar-refractivity contribution in [3.05, 3.63) is 0 Å². The SMILES string of the molecule is CCCC[C@@H](O)C(C)(C)CC1CC1. The van der Waals surface area contributed by atoms with Crippen LogP contribution < -0.4 is 0 Å². The molecular formula is C12H24O. The highest BCUT2D eigenvalue weighted by Crippen LogP contribution is 2.42. The van der Waals surface area contributed by atoms with Gasteiger partial charge in [-0.25, -0.2) is 0 Å². The minimum absolute atomic E-state index is 0.0898. The second-order valence-corrected chi connectivity index (χ2v) is 5.29. The first kappa shape index (κ1) is 11.0. The number of hydrogen-bond acceptors (Lipinski definition) is 1. The Labute approximate surface area is 82.5 Å². The van der Waals surface area contributed by atoms with E-state index in [4.69, 9.17) is 0 Å². The van der Waals surface area contributed by atoms with E-state index in [0.29, 0.717) is 0 Å². The third kappa shape index (κ3) is 3.68. The van der Waals surface area contributed by atoms with Gasteiger partial charge < -0.3 is 5.11 Å². The van der Waals surface area contributed by atoms with Crippen LogP contribution in [0.15, 0.2) is 0 Å². The predicted octanol–water partition coefficient (Wildman–Crippen LogP) is 3.36. The standard InChI is InChI=1S/C12H24O/c1-4-5-6-11(13)12(2,3)9-10-7-8-10/h10-11,13H,4-9H2,1-3H3/t11-/m1/s1. The van der Waals surface area contributed by atoms with Gasteiger partial charge in [0.2, 0.25) is 0 Å². The Morgan fingerprint density at radius 2 is 2.00 bits per heavy atom. The van der Waals surface area contributed by atoms with Gasteiger partial charge in [0, 0.05) is 0 Å². The molecule has 0 aromatic carbocycles. The molecule has 0 aromatic rings. The Bertz CT molecular complexity index is 147. The lowest BCUT2D eigenvalue weighted by atomic mass is 9.79. The molecule has 1 atom stereocenters. The Kier molecular flexibility index (Phi) is 3.78. The lowest BCUT2D eigenvalue weighted by Crippen LogP contribution is -2.29. The van der Waals surface area contributed by atoms with Crippen LogP contribution in [0, 0.1) is 11.3 Å². The van der Waals surface area contributed by atoms with Gasteiger partial charge in [-0.05, 0) is 24.2 Å². The summed E-state index contributed by atoms with van der Waals surface area (Å²) < 4.78 is 0. The smallest absolute Gasteiger partial charge is 0.0591 e. The normalized spacial score (nSPS) is 20.3. The molecule has 0 aromatic heterocycles. The summed E-state index contributed by atoms with van der Waals surface area (Å²) in [6.07, 6.45) is 7.25. The summed E-state index contributed by atoms with van der Waals surface area (Å²) in [6, 6.07) is 0. The van der Waals surface area contributed by atoms with Crippen LogP contribution in [0.4, 0.5) is 0 Å². The van der Waals surface area contributed by atoms with Gasteiger partial charge in [0.15, 0.2) is 0 Å². The van der Waals surface area contributed by atoms with E-state index in [1.54, 1.807) is 0 Å². The van der Waals surface area contributed by atoms with Crippen molar-refractivity contribution in [2.24, 2.45) is 11.3 Å². The van der Waals surface area contributed by atoms with Crippen molar-refractivity contribution in [3.8, 4) is 0 Å². The molecule has 1 saturated carbocycles. The highest BCUT2D eigenvalue weighted by molar-refractivity contribution is 4.85. The molecule has 1 heteroatoms. The second kappa shape index (κ2) is 4.45. The maximum Gasteiger partial charge on any atom is 0.0591 e. The van der Waals surface area contributed by atoms with E-state index >= 15 is 0 Å². The fraction of sp³-hybridized carbons (Fsp3) is 1.00. The minimum atomic E-state index is -0.0898. The van der Waals surface area contributed by atoms with E-state index in [-0.39, 0.29) is 11.5 Å². The van der Waals surface area contributed by atoms with Gasteiger partial charge in [0.1, 0.15) is 0 Å². The minimum Gasteiger partial charge on any atom is -0.393 e. The summed E-state index contributed by atoms with van der Waals surface area (Å²) in [5.74, 6) is 0.922. The third-order valence-electron chi connectivity index (χ3n) is 3.24. The first-order valence-electron chi connectivity index (χ1n) is 5.74. The molecule has 1 fully saturated rings. The first-order chi connectivity index (χ1) is 6.06. The zero-order valence-corrected chi connectivity index (χ0v) is 9.34. The highest BCUT2D eigenvalue weighted by atomic mass is 16.3. The van der Waals surface area contributed by atoms with Crippen LogP contribution in [0.1, 0.15) is 59.3 Å². The first-order valence-corrected chi connectivity index (χ1v) is 5.74. The summed E-state index contributed by atoms with van der Waals surface area (Å²) in [7, 11) is 0. The zero-order valence-electron chi connectivity index (χ0n) is 9.34. The van der Waals surface area contributed by atoms with E-state index < -0.39 is 0 Å². The topological polar surface area (TPSA) is 20.2 Å². The van der Waals surface area contributed by atoms with E-state index in [1.807, 2.05) is 0 Å². The molecule has 0 aliphatic heterocycles. The Balaban J connectivity index is 2.27. The fourth-order valence-electron chi connectivity index (χ4n) is 1.99. The molecule has 0 heterocycles. The van der Waals surface area contributed by atoms with Crippen LogP contribution in [-0.4, -0.2) is 11.2 Å². The van der Waals surface area contributed by atoms with Gasteiger partial charge in [-0.1, -0.05) is 46.5 Å². The monoisotopic (exact) mass is 184 g/mol. The molecular weight excluding hydrogens is 160 g/mol. The Morgan fingerprint density at radius 1 is 1.38 bits per heavy atom. The van der Waals surface area contributed by atoms with Crippen LogP contribution in [0.2, 0.25) is 0 Å². The molecule has 0 saturated heterocycles. The lowest BCUT2D eigenvalue weighted by molar-refractivity contribution is 0.0317. The van der Waals surface area contributed by atoms with Crippen molar-refractivity contribution in [1.82, 2.24) is 0 Å².